The summed E-state index contributed by atoms with van der Waals surface area (Å²) < 4.78 is 13.9. The minimum atomic E-state index is -0.530. The van der Waals surface area contributed by atoms with Crippen molar-refractivity contribution in [3.63, 3.8) is 0 Å². The van der Waals surface area contributed by atoms with Gasteiger partial charge in [-0.15, -0.1) is 0 Å². The van der Waals surface area contributed by atoms with Crippen LogP contribution in [0.2, 0.25) is 0 Å². The summed E-state index contributed by atoms with van der Waals surface area (Å²) in [5, 5.41) is 12.5. The Kier molecular flexibility index (Phi) is 5.32. The third-order valence-corrected chi connectivity index (χ3v) is 6.45. The van der Waals surface area contributed by atoms with Crippen LogP contribution in [-0.2, 0) is 4.79 Å². The number of halogens is 1. The predicted molar refractivity (Wildman–Crippen MR) is 117 cm³/mol. The number of amides is 3. The van der Waals surface area contributed by atoms with Gasteiger partial charge in [-0.05, 0) is 42.7 Å². The smallest absolute Gasteiger partial charge is 0.322 e. The first-order valence-electron chi connectivity index (χ1n) is 10.9. The van der Waals surface area contributed by atoms with Crippen molar-refractivity contribution in [1.82, 2.24) is 9.80 Å². The highest BCUT2D eigenvalue weighted by molar-refractivity contribution is 5.94. The lowest BCUT2D eigenvalue weighted by molar-refractivity contribution is -0.159. The molecule has 2 aliphatic heterocycles. The molecule has 1 aliphatic carbocycles. The molecule has 2 aromatic carbocycles. The molecule has 3 amide bonds. The number of anilines is 1. The van der Waals surface area contributed by atoms with Crippen LogP contribution in [0, 0.1) is 23.6 Å². The van der Waals surface area contributed by atoms with Crippen molar-refractivity contribution >= 4 is 17.6 Å². The number of carbonyl (C=O) groups is 2. The van der Waals surface area contributed by atoms with Gasteiger partial charge < -0.3 is 20.2 Å². The number of urea groups is 1. The molecule has 1 saturated carbocycles. The van der Waals surface area contributed by atoms with Crippen LogP contribution < -0.4 is 5.32 Å². The number of nitrogens with one attached hydrogen (secondary N) is 1. The number of piperazine rings is 1. The van der Waals surface area contributed by atoms with Crippen molar-refractivity contribution in [2.45, 2.75) is 30.8 Å². The first-order valence-corrected chi connectivity index (χ1v) is 10.9. The van der Waals surface area contributed by atoms with Gasteiger partial charge >= 0.3 is 6.03 Å². The molecular formula is C25H24FN3O3. The highest BCUT2D eigenvalue weighted by Gasteiger charge is 2.54. The quantitative estimate of drug-likeness (QED) is 0.732. The van der Waals surface area contributed by atoms with Crippen molar-refractivity contribution < 1.29 is 19.1 Å². The van der Waals surface area contributed by atoms with Crippen molar-refractivity contribution in [2.75, 3.05) is 25.0 Å². The molecule has 6 nitrogen and oxygen atoms in total. The van der Waals surface area contributed by atoms with Crippen LogP contribution in [0.3, 0.4) is 0 Å². The van der Waals surface area contributed by atoms with Gasteiger partial charge in [-0.2, -0.15) is 0 Å². The molecule has 32 heavy (non-hydrogen) atoms. The molecule has 0 radical (unpaired) electrons. The van der Waals surface area contributed by atoms with E-state index in [4.69, 9.17) is 0 Å². The number of carbonyl (C=O) groups excluding carboxylic acids is 2. The number of hydrogen-bond donors (Lipinski definition) is 2. The second kappa shape index (κ2) is 8.29. The minimum Gasteiger partial charge on any atom is -0.394 e. The number of rotatable bonds is 3. The molecule has 2 N–H and O–H groups in total. The average molecular weight is 433 g/mol. The van der Waals surface area contributed by atoms with E-state index < -0.39 is 11.8 Å². The zero-order valence-corrected chi connectivity index (χ0v) is 17.5. The van der Waals surface area contributed by atoms with E-state index in [2.05, 4.69) is 17.2 Å². The standard InChI is InChI=1S/C25H24FN3O3/c26-19-3-1-2-4-20(19)27-25(32)28-13-21-24(22(15-30)29(21)23(31)14-28)18-11-9-17(10-12-18)8-7-16-5-6-16/h1-4,9-12,16,21-22,24,30H,5-6,13-15H2,(H,27,32)/t21-,22-,24+/m0/s1. The first-order chi connectivity index (χ1) is 15.5. The highest BCUT2D eigenvalue weighted by Crippen LogP contribution is 2.43. The molecule has 3 aliphatic rings. The summed E-state index contributed by atoms with van der Waals surface area (Å²) in [5.74, 6) is 6.13. The molecule has 0 bridgehead atoms. The molecule has 5 rings (SSSR count). The summed E-state index contributed by atoms with van der Waals surface area (Å²) in [4.78, 5) is 28.6. The summed E-state index contributed by atoms with van der Waals surface area (Å²) in [7, 11) is 0. The van der Waals surface area contributed by atoms with Gasteiger partial charge in [0.05, 0.1) is 24.4 Å². The van der Waals surface area contributed by atoms with Crippen molar-refractivity contribution in [1.29, 1.82) is 0 Å². The van der Waals surface area contributed by atoms with E-state index in [0.29, 0.717) is 12.5 Å². The van der Waals surface area contributed by atoms with Gasteiger partial charge in [-0.3, -0.25) is 4.79 Å². The molecule has 2 aromatic rings. The normalized spacial score (nSPS) is 24.2. The van der Waals surface area contributed by atoms with Crippen molar-refractivity contribution in [3.8, 4) is 11.8 Å². The number of para-hydroxylation sites is 1. The number of aliphatic hydroxyl groups excluding tert-OH is 1. The van der Waals surface area contributed by atoms with Gasteiger partial charge in [0.1, 0.15) is 12.4 Å². The Morgan fingerprint density at radius 2 is 1.91 bits per heavy atom. The Hall–Kier alpha value is -3.37. The Balaban J connectivity index is 1.32. The van der Waals surface area contributed by atoms with Gasteiger partial charge in [0.2, 0.25) is 5.91 Å². The number of hydrogen-bond acceptors (Lipinski definition) is 3. The lowest BCUT2D eigenvalue weighted by Gasteiger charge is -2.58. The fourth-order valence-electron chi connectivity index (χ4n) is 4.61. The molecule has 2 heterocycles. The number of fused-ring (bicyclic) bond motifs is 1. The Morgan fingerprint density at radius 3 is 2.59 bits per heavy atom. The predicted octanol–water partition coefficient (Wildman–Crippen LogP) is 2.79. The van der Waals surface area contributed by atoms with Crippen LogP contribution in [0.25, 0.3) is 0 Å². The monoisotopic (exact) mass is 433 g/mol. The molecule has 2 saturated heterocycles. The second-order valence-corrected chi connectivity index (χ2v) is 8.60. The zero-order valence-electron chi connectivity index (χ0n) is 17.5. The molecule has 0 spiro atoms. The Bertz CT molecular complexity index is 1100. The maximum atomic E-state index is 13.9. The van der Waals surface area contributed by atoms with E-state index in [1.807, 2.05) is 24.3 Å². The van der Waals surface area contributed by atoms with E-state index in [9.17, 15) is 19.1 Å². The largest absolute Gasteiger partial charge is 0.394 e. The summed E-state index contributed by atoms with van der Waals surface area (Å²) >= 11 is 0. The fraction of sp³-hybridized carbons (Fsp3) is 0.360. The molecule has 3 fully saturated rings. The van der Waals surface area contributed by atoms with Crippen LogP contribution in [0.5, 0.6) is 0 Å². The maximum Gasteiger partial charge on any atom is 0.322 e. The Morgan fingerprint density at radius 1 is 1.16 bits per heavy atom. The van der Waals surface area contributed by atoms with Gasteiger partial charge in [-0.1, -0.05) is 36.1 Å². The van der Waals surface area contributed by atoms with E-state index in [1.165, 1.54) is 29.9 Å². The van der Waals surface area contributed by atoms with Crippen LogP contribution in [0.4, 0.5) is 14.9 Å². The van der Waals surface area contributed by atoms with Crippen LogP contribution in [0.1, 0.15) is 29.9 Å². The van der Waals surface area contributed by atoms with Gasteiger partial charge in [0.25, 0.3) is 0 Å². The van der Waals surface area contributed by atoms with Crippen LogP contribution in [-0.4, -0.2) is 58.6 Å². The van der Waals surface area contributed by atoms with E-state index in [0.717, 1.165) is 11.1 Å². The zero-order chi connectivity index (χ0) is 22.2. The summed E-state index contributed by atoms with van der Waals surface area (Å²) in [6.07, 6.45) is 2.36. The summed E-state index contributed by atoms with van der Waals surface area (Å²) in [5.41, 5.74) is 2.03. The van der Waals surface area contributed by atoms with Gasteiger partial charge in [0, 0.05) is 23.9 Å². The molecule has 164 valence electrons. The molecule has 0 unspecified atom stereocenters. The minimum absolute atomic E-state index is 0.0775. The van der Waals surface area contributed by atoms with Crippen molar-refractivity contribution in [3.05, 3.63) is 65.5 Å². The lowest BCUT2D eigenvalue weighted by Crippen LogP contribution is -2.73. The van der Waals surface area contributed by atoms with Crippen molar-refractivity contribution in [2.24, 2.45) is 5.92 Å². The number of nitrogens with zero attached hydrogens (tertiary/aromatic N) is 2. The lowest BCUT2D eigenvalue weighted by atomic mass is 9.73. The number of benzene rings is 2. The van der Waals surface area contributed by atoms with E-state index >= 15 is 0 Å². The third-order valence-electron chi connectivity index (χ3n) is 6.45. The maximum absolute atomic E-state index is 13.9. The third kappa shape index (κ3) is 3.82. The SMILES string of the molecule is O=C(Nc1ccccc1F)N1CC(=O)N2[C@@H](CO)[C@H](c3ccc(C#CC4CC4)cc3)[C@@H]2C1. The van der Waals surface area contributed by atoms with E-state index in [1.54, 1.807) is 17.0 Å². The Labute approximate surface area is 186 Å². The number of aliphatic hydroxyl groups is 1. The van der Waals surface area contributed by atoms with E-state index in [-0.39, 0.29) is 42.7 Å². The molecule has 3 atom stereocenters. The average Bonchev–Trinajstić information content (AvgIpc) is 3.60. The highest BCUT2D eigenvalue weighted by atomic mass is 19.1. The molecule has 7 heteroatoms. The molecule has 0 aromatic heterocycles. The summed E-state index contributed by atoms with van der Waals surface area (Å²) in [6.45, 7) is 0.0731. The second-order valence-electron chi connectivity index (χ2n) is 8.60. The summed E-state index contributed by atoms with van der Waals surface area (Å²) in [6, 6.07) is 12.8. The first kappa shape index (κ1) is 20.5. The van der Waals surface area contributed by atoms with Gasteiger partial charge in [0.15, 0.2) is 0 Å². The topological polar surface area (TPSA) is 72.9 Å². The fourth-order valence-corrected chi connectivity index (χ4v) is 4.61. The van der Waals surface area contributed by atoms with Gasteiger partial charge in [-0.25, -0.2) is 9.18 Å². The van der Waals surface area contributed by atoms with Crippen LogP contribution in [0.15, 0.2) is 48.5 Å². The molecular weight excluding hydrogens is 409 g/mol. The van der Waals surface area contributed by atoms with Crippen LogP contribution >= 0.6 is 0 Å².